The van der Waals surface area contributed by atoms with Crippen molar-refractivity contribution in [1.29, 1.82) is 0 Å². The number of carbonyl (C=O) groups is 2. The Morgan fingerprint density at radius 1 is 1.50 bits per heavy atom. The number of halogens is 1. The van der Waals surface area contributed by atoms with Gasteiger partial charge in [-0.2, -0.15) is 0 Å². The Morgan fingerprint density at radius 3 is 2.95 bits per heavy atom. The first-order chi connectivity index (χ1) is 9.56. The number of ether oxygens (including phenoxy) is 1. The van der Waals surface area contributed by atoms with Gasteiger partial charge in [-0.15, -0.1) is 0 Å². The molecule has 1 atom stereocenters. The van der Waals surface area contributed by atoms with Crippen LogP contribution in [0.15, 0.2) is 22.7 Å². The quantitative estimate of drug-likeness (QED) is 0.771. The van der Waals surface area contributed by atoms with Gasteiger partial charge in [0.2, 0.25) is 5.91 Å². The van der Waals surface area contributed by atoms with Gasteiger partial charge in [-0.05, 0) is 18.2 Å². The third-order valence-corrected chi connectivity index (χ3v) is 3.41. The lowest BCUT2D eigenvalue weighted by Gasteiger charge is -2.23. The summed E-state index contributed by atoms with van der Waals surface area (Å²) in [6, 6.07) is 4.67. The van der Waals surface area contributed by atoms with Gasteiger partial charge < -0.3 is 20.5 Å². The number of hydrogen-bond donors (Lipinski definition) is 3. The van der Waals surface area contributed by atoms with E-state index in [1.54, 1.807) is 12.1 Å². The average molecular weight is 343 g/mol. The van der Waals surface area contributed by atoms with Crippen LogP contribution in [-0.4, -0.2) is 42.8 Å². The summed E-state index contributed by atoms with van der Waals surface area (Å²) < 4.78 is 5.92. The summed E-state index contributed by atoms with van der Waals surface area (Å²) in [6.45, 7) is 1.85. The first-order valence-electron chi connectivity index (χ1n) is 6.20. The molecule has 7 heteroatoms. The Labute approximate surface area is 124 Å². The molecule has 0 radical (unpaired) electrons. The van der Waals surface area contributed by atoms with Crippen molar-refractivity contribution in [2.75, 3.05) is 25.1 Å². The van der Waals surface area contributed by atoms with E-state index in [0.29, 0.717) is 23.4 Å². The summed E-state index contributed by atoms with van der Waals surface area (Å²) in [5.74, 6) is -1.32. The normalized spacial score (nSPS) is 18.6. The number of carboxylic acids is 1. The van der Waals surface area contributed by atoms with Crippen LogP contribution >= 0.6 is 15.9 Å². The number of carbonyl (C=O) groups excluding carboxylic acids is 1. The molecule has 1 fully saturated rings. The minimum atomic E-state index is -1.08. The molecule has 1 aromatic carbocycles. The van der Waals surface area contributed by atoms with Crippen molar-refractivity contribution in [1.82, 2.24) is 5.32 Å². The predicted octanol–water partition coefficient (Wildman–Crippen LogP) is 1.46. The highest BCUT2D eigenvalue weighted by molar-refractivity contribution is 9.10. The molecule has 0 bridgehead atoms. The van der Waals surface area contributed by atoms with Crippen LogP contribution in [0.4, 0.5) is 5.69 Å². The molecule has 1 unspecified atom stereocenters. The van der Waals surface area contributed by atoms with E-state index < -0.39 is 5.97 Å². The van der Waals surface area contributed by atoms with Crippen molar-refractivity contribution >= 4 is 33.5 Å². The SMILES string of the molecule is O=C(CC1COCCN1)Nc1ccc(Br)cc1C(=O)O. The largest absolute Gasteiger partial charge is 0.478 e. The summed E-state index contributed by atoms with van der Waals surface area (Å²) in [6.07, 6.45) is 0.245. The molecule has 0 aromatic heterocycles. The van der Waals surface area contributed by atoms with Crippen LogP contribution in [0.3, 0.4) is 0 Å². The van der Waals surface area contributed by atoms with E-state index in [2.05, 4.69) is 26.6 Å². The van der Waals surface area contributed by atoms with Gasteiger partial charge in [0.15, 0.2) is 0 Å². The molecule has 2 rings (SSSR count). The lowest BCUT2D eigenvalue weighted by atomic mass is 10.1. The van der Waals surface area contributed by atoms with Crippen LogP contribution in [0.1, 0.15) is 16.8 Å². The van der Waals surface area contributed by atoms with Gasteiger partial charge in [0.05, 0.1) is 24.5 Å². The van der Waals surface area contributed by atoms with Gasteiger partial charge in [-0.3, -0.25) is 4.79 Å². The molecule has 0 aliphatic carbocycles. The van der Waals surface area contributed by atoms with Crippen LogP contribution in [0, 0.1) is 0 Å². The molecule has 0 saturated carbocycles. The van der Waals surface area contributed by atoms with E-state index >= 15 is 0 Å². The maximum absolute atomic E-state index is 11.9. The zero-order chi connectivity index (χ0) is 14.5. The third-order valence-electron chi connectivity index (χ3n) is 2.92. The maximum Gasteiger partial charge on any atom is 0.337 e. The number of morpholine rings is 1. The molecular weight excluding hydrogens is 328 g/mol. The number of rotatable bonds is 4. The highest BCUT2D eigenvalue weighted by Crippen LogP contribution is 2.21. The van der Waals surface area contributed by atoms with E-state index in [1.807, 2.05) is 0 Å². The summed E-state index contributed by atoms with van der Waals surface area (Å²) >= 11 is 3.21. The topological polar surface area (TPSA) is 87.7 Å². The fraction of sp³-hybridized carbons (Fsp3) is 0.385. The lowest BCUT2D eigenvalue weighted by molar-refractivity contribution is -0.117. The zero-order valence-electron chi connectivity index (χ0n) is 10.7. The highest BCUT2D eigenvalue weighted by atomic mass is 79.9. The van der Waals surface area contributed by atoms with Crippen molar-refractivity contribution < 1.29 is 19.4 Å². The number of carboxylic acid groups (broad SMARTS) is 1. The van der Waals surface area contributed by atoms with E-state index in [9.17, 15) is 9.59 Å². The zero-order valence-corrected chi connectivity index (χ0v) is 12.3. The van der Waals surface area contributed by atoms with Crippen molar-refractivity contribution in [3.63, 3.8) is 0 Å². The van der Waals surface area contributed by atoms with E-state index in [-0.39, 0.29) is 23.9 Å². The molecule has 1 aliphatic heterocycles. The summed E-state index contributed by atoms with van der Waals surface area (Å²) in [5, 5.41) is 14.9. The Balaban J connectivity index is 2.01. The monoisotopic (exact) mass is 342 g/mol. The average Bonchev–Trinajstić information content (AvgIpc) is 2.41. The lowest BCUT2D eigenvalue weighted by Crippen LogP contribution is -2.43. The summed E-state index contributed by atoms with van der Waals surface area (Å²) in [4.78, 5) is 23.1. The van der Waals surface area contributed by atoms with Crippen molar-refractivity contribution in [2.24, 2.45) is 0 Å². The second kappa shape index (κ2) is 6.83. The Kier molecular flexibility index (Phi) is 5.11. The van der Waals surface area contributed by atoms with Crippen molar-refractivity contribution in [2.45, 2.75) is 12.5 Å². The van der Waals surface area contributed by atoms with E-state index in [0.717, 1.165) is 6.54 Å². The van der Waals surface area contributed by atoms with Crippen LogP contribution in [0.5, 0.6) is 0 Å². The molecule has 6 nitrogen and oxygen atoms in total. The molecule has 1 aromatic rings. The molecule has 108 valence electrons. The second-order valence-corrected chi connectivity index (χ2v) is 5.39. The molecule has 0 spiro atoms. The van der Waals surface area contributed by atoms with Gasteiger partial charge in [0.25, 0.3) is 0 Å². The number of aromatic carboxylic acids is 1. The molecule has 1 aliphatic rings. The third kappa shape index (κ3) is 4.03. The molecule has 1 heterocycles. The van der Waals surface area contributed by atoms with Gasteiger partial charge in [-0.25, -0.2) is 4.79 Å². The molecule has 3 N–H and O–H groups in total. The summed E-state index contributed by atoms with van der Waals surface area (Å²) in [5.41, 5.74) is 0.350. The number of anilines is 1. The Hall–Kier alpha value is -1.44. The fourth-order valence-electron chi connectivity index (χ4n) is 1.98. The molecule has 20 heavy (non-hydrogen) atoms. The number of benzene rings is 1. The molecule has 1 amide bonds. The number of hydrogen-bond acceptors (Lipinski definition) is 4. The van der Waals surface area contributed by atoms with Crippen LogP contribution in [0.2, 0.25) is 0 Å². The van der Waals surface area contributed by atoms with Crippen molar-refractivity contribution in [3.05, 3.63) is 28.2 Å². The molecule has 1 saturated heterocycles. The number of nitrogens with one attached hydrogen (secondary N) is 2. The van der Waals surface area contributed by atoms with E-state index in [4.69, 9.17) is 9.84 Å². The first kappa shape index (κ1) is 15.0. The standard InChI is InChI=1S/C13H15BrN2O4/c14-8-1-2-11(10(5-8)13(18)19)16-12(17)6-9-7-20-4-3-15-9/h1-2,5,9,15H,3-4,6-7H2,(H,16,17)(H,18,19). The van der Waals surface area contributed by atoms with Gasteiger partial charge in [-0.1, -0.05) is 15.9 Å². The molecular formula is C13H15BrN2O4. The second-order valence-electron chi connectivity index (χ2n) is 4.47. The highest BCUT2D eigenvalue weighted by Gasteiger charge is 2.18. The summed E-state index contributed by atoms with van der Waals surface area (Å²) in [7, 11) is 0. The Bertz CT molecular complexity index is 515. The van der Waals surface area contributed by atoms with Crippen molar-refractivity contribution in [3.8, 4) is 0 Å². The fourth-order valence-corrected chi connectivity index (χ4v) is 2.34. The minimum Gasteiger partial charge on any atom is -0.478 e. The van der Waals surface area contributed by atoms with E-state index in [1.165, 1.54) is 6.07 Å². The van der Waals surface area contributed by atoms with Gasteiger partial charge >= 0.3 is 5.97 Å². The predicted molar refractivity (Wildman–Crippen MR) is 77.0 cm³/mol. The van der Waals surface area contributed by atoms with Gasteiger partial charge in [0, 0.05) is 23.5 Å². The Morgan fingerprint density at radius 2 is 2.30 bits per heavy atom. The smallest absolute Gasteiger partial charge is 0.337 e. The first-order valence-corrected chi connectivity index (χ1v) is 6.99. The van der Waals surface area contributed by atoms with Crippen LogP contribution < -0.4 is 10.6 Å². The van der Waals surface area contributed by atoms with Crippen LogP contribution in [0.25, 0.3) is 0 Å². The maximum atomic E-state index is 11.9. The van der Waals surface area contributed by atoms with Gasteiger partial charge in [0.1, 0.15) is 0 Å². The minimum absolute atomic E-state index is 0.0347. The van der Waals surface area contributed by atoms with Crippen LogP contribution in [-0.2, 0) is 9.53 Å². The number of amides is 1.